The second kappa shape index (κ2) is 7.12. The van der Waals surface area contributed by atoms with Gasteiger partial charge in [-0.25, -0.2) is 15.1 Å². The molecule has 28 heavy (non-hydrogen) atoms. The van der Waals surface area contributed by atoms with Crippen molar-refractivity contribution >= 4 is 34.4 Å². The Bertz CT molecular complexity index is 1140. The molecule has 2 heterocycles. The van der Waals surface area contributed by atoms with E-state index >= 15 is 0 Å². The van der Waals surface area contributed by atoms with Crippen LogP contribution in [0, 0.1) is 0 Å². The molecule has 0 radical (unpaired) electrons. The first-order valence-corrected chi connectivity index (χ1v) is 9.35. The van der Waals surface area contributed by atoms with E-state index in [-0.39, 0.29) is 11.4 Å². The third-order valence-corrected chi connectivity index (χ3v) is 4.51. The zero-order chi connectivity index (χ0) is 19.7. The maximum absolute atomic E-state index is 13.4. The SMILES string of the molecule is CSc1n[nH]c(Nc2nc(-c3ccccc3C(F)(F)F)nc3ccccc23)n1. The Labute approximate surface area is 161 Å². The third-order valence-electron chi connectivity index (χ3n) is 3.96. The fourth-order valence-corrected chi connectivity index (χ4v) is 3.04. The van der Waals surface area contributed by atoms with Gasteiger partial charge in [-0.3, -0.25) is 0 Å². The van der Waals surface area contributed by atoms with Crippen molar-refractivity contribution in [1.82, 2.24) is 25.1 Å². The van der Waals surface area contributed by atoms with Crippen LogP contribution in [0.3, 0.4) is 0 Å². The van der Waals surface area contributed by atoms with Crippen LogP contribution < -0.4 is 5.32 Å². The molecular formula is C18H13F3N6S. The standard InChI is InChI=1S/C18H13F3N6S/c1-28-17-25-16(26-27-17)24-15-11-7-3-5-9-13(11)22-14(23-15)10-6-2-4-8-12(10)18(19,20)21/h2-9H,1H3,(H2,22,23,24,25,26,27). The number of aromatic nitrogens is 5. The number of para-hydroxylation sites is 1. The fraction of sp³-hybridized carbons (Fsp3) is 0.111. The summed E-state index contributed by atoms with van der Waals surface area (Å²) < 4.78 is 40.3. The smallest absolute Gasteiger partial charge is 0.308 e. The van der Waals surface area contributed by atoms with Gasteiger partial charge in [0.15, 0.2) is 5.82 Å². The van der Waals surface area contributed by atoms with Gasteiger partial charge in [-0.15, -0.1) is 5.10 Å². The number of halogens is 3. The number of nitrogens with zero attached hydrogens (tertiary/aromatic N) is 4. The van der Waals surface area contributed by atoms with E-state index in [0.29, 0.717) is 27.8 Å². The second-order valence-electron chi connectivity index (χ2n) is 5.75. The number of hydrogen-bond donors (Lipinski definition) is 2. The molecule has 0 saturated carbocycles. The van der Waals surface area contributed by atoms with Crippen molar-refractivity contribution in [2.45, 2.75) is 11.3 Å². The van der Waals surface area contributed by atoms with Crippen LogP contribution in [0.15, 0.2) is 53.7 Å². The Morgan fingerprint density at radius 1 is 0.964 bits per heavy atom. The number of nitrogens with one attached hydrogen (secondary N) is 2. The molecule has 0 saturated heterocycles. The van der Waals surface area contributed by atoms with Crippen LogP contribution in [0.1, 0.15) is 5.56 Å². The number of H-pyrrole nitrogens is 1. The number of rotatable bonds is 4. The predicted molar refractivity (Wildman–Crippen MR) is 101 cm³/mol. The van der Waals surface area contributed by atoms with E-state index < -0.39 is 11.7 Å². The van der Waals surface area contributed by atoms with E-state index in [0.717, 1.165) is 6.07 Å². The van der Waals surface area contributed by atoms with E-state index in [1.165, 1.54) is 30.0 Å². The number of benzene rings is 2. The van der Waals surface area contributed by atoms with Crippen LogP contribution in [-0.4, -0.2) is 31.4 Å². The van der Waals surface area contributed by atoms with Crippen LogP contribution in [0.25, 0.3) is 22.3 Å². The Morgan fingerprint density at radius 2 is 1.71 bits per heavy atom. The number of aromatic amines is 1. The Kier molecular flexibility index (Phi) is 4.63. The first kappa shape index (κ1) is 18.2. The molecule has 2 aromatic heterocycles. The van der Waals surface area contributed by atoms with Gasteiger partial charge in [0.05, 0.1) is 11.1 Å². The summed E-state index contributed by atoms with van der Waals surface area (Å²) >= 11 is 1.36. The van der Waals surface area contributed by atoms with Gasteiger partial charge < -0.3 is 5.32 Å². The summed E-state index contributed by atoms with van der Waals surface area (Å²) in [6.07, 6.45) is -2.68. The fourth-order valence-electron chi connectivity index (χ4n) is 2.72. The molecular weight excluding hydrogens is 389 g/mol. The van der Waals surface area contributed by atoms with Gasteiger partial charge in [-0.2, -0.15) is 18.2 Å². The topological polar surface area (TPSA) is 79.4 Å². The summed E-state index contributed by atoms with van der Waals surface area (Å²) in [6, 6.07) is 12.3. The minimum Gasteiger partial charge on any atom is -0.308 e. The lowest BCUT2D eigenvalue weighted by Gasteiger charge is -2.13. The lowest BCUT2D eigenvalue weighted by Crippen LogP contribution is -2.09. The third kappa shape index (κ3) is 3.50. The van der Waals surface area contributed by atoms with Crippen molar-refractivity contribution in [3.63, 3.8) is 0 Å². The van der Waals surface area contributed by atoms with Crippen molar-refractivity contribution in [3.8, 4) is 11.4 Å². The van der Waals surface area contributed by atoms with Gasteiger partial charge in [0.2, 0.25) is 11.1 Å². The number of thioether (sulfide) groups is 1. The predicted octanol–water partition coefficient (Wildman–Crippen LogP) is 4.90. The molecule has 0 aliphatic heterocycles. The largest absolute Gasteiger partial charge is 0.417 e. The first-order chi connectivity index (χ1) is 13.5. The van der Waals surface area contributed by atoms with Crippen molar-refractivity contribution in [2.24, 2.45) is 0 Å². The maximum Gasteiger partial charge on any atom is 0.417 e. The van der Waals surface area contributed by atoms with Crippen molar-refractivity contribution < 1.29 is 13.2 Å². The van der Waals surface area contributed by atoms with E-state index in [4.69, 9.17) is 0 Å². The Balaban J connectivity index is 1.88. The molecule has 10 heteroatoms. The summed E-state index contributed by atoms with van der Waals surface area (Å²) in [7, 11) is 0. The Morgan fingerprint density at radius 3 is 2.46 bits per heavy atom. The summed E-state index contributed by atoms with van der Waals surface area (Å²) in [5.41, 5.74) is -0.372. The minimum absolute atomic E-state index is 0.0290. The van der Waals surface area contributed by atoms with Crippen molar-refractivity contribution in [3.05, 3.63) is 54.1 Å². The van der Waals surface area contributed by atoms with Crippen molar-refractivity contribution in [2.75, 3.05) is 11.6 Å². The van der Waals surface area contributed by atoms with Crippen LogP contribution >= 0.6 is 11.8 Å². The van der Waals surface area contributed by atoms with Crippen molar-refractivity contribution in [1.29, 1.82) is 0 Å². The molecule has 0 bridgehead atoms. The summed E-state index contributed by atoms with van der Waals surface area (Å²) in [5.74, 6) is 0.642. The Hall–Kier alpha value is -3.14. The first-order valence-electron chi connectivity index (χ1n) is 8.12. The molecule has 0 atom stereocenters. The van der Waals surface area contributed by atoms with Gasteiger partial charge in [0.1, 0.15) is 5.82 Å². The molecule has 0 unspecified atom stereocenters. The zero-order valence-electron chi connectivity index (χ0n) is 14.4. The summed E-state index contributed by atoms with van der Waals surface area (Å²) in [6.45, 7) is 0. The van der Waals surface area contributed by atoms with Gasteiger partial charge in [-0.1, -0.05) is 42.1 Å². The minimum atomic E-state index is -4.52. The molecule has 0 fully saturated rings. The van der Waals surface area contributed by atoms with Crippen LogP contribution in [0.4, 0.5) is 24.9 Å². The molecule has 6 nitrogen and oxygen atoms in total. The number of alkyl halides is 3. The highest BCUT2D eigenvalue weighted by Crippen LogP contribution is 2.37. The summed E-state index contributed by atoms with van der Waals surface area (Å²) in [4.78, 5) is 12.9. The van der Waals surface area contributed by atoms with Crippen LogP contribution in [-0.2, 0) is 6.18 Å². The van der Waals surface area contributed by atoms with Gasteiger partial charge >= 0.3 is 6.18 Å². The molecule has 2 aromatic carbocycles. The normalized spacial score (nSPS) is 11.7. The van der Waals surface area contributed by atoms with Gasteiger partial charge in [0, 0.05) is 10.9 Å². The second-order valence-corrected chi connectivity index (χ2v) is 6.53. The lowest BCUT2D eigenvalue weighted by atomic mass is 10.1. The molecule has 0 aliphatic rings. The average molecular weight is 402 g/mol. The number of anilines is 2. The number of fused-ring (bicyclic) bond motifs is 1. The number of hydrogen-bond acceptors (Lipinski definition) is 6. The molecule has 0 aliphatic carbocycles. The quantitative estimate of drug-likeness (QED) is 0.473. The highest BCUT2D eigenvalue weighted by Gasteiger charge is 2.34. The monoisotopic (exact) mass is 402 g/mol. The zero-order valence-corrected chi connectivity index (χ0v) is 15.3. The average Bonchev–Trinajstić information content (AvgIpc) is 3.15. The van der Waals surface area contributed by atoms with Crippen LogP contribution in [0.2, 0.25) is 0 Å². The molecule has 2 N–H and O–H groups in total. The molecule has 0 spiro atoms. The molecule has 4 aromatic rings. The summed E-state index contributed by atoms with van der Waals surface area (Å²) in [5, 5.41) is 10.9. The molecule has 4 rings (SSSR count). The van der Waals surface area contributed by atoms with Gasteiger partial charge in [0.25, 0.3) is 0 Å². The van der Waals surface area contributed by atoms with Gasteiger partial charge in [-0.05, 0) is 24.5 Å². The highest BCUT2D eigenvalue weighted by molar-refractivity contribution is 7.98. The molecule has 142 valence electrons. The van der Waals surface area contributed by atoms with E-state index in [1.54, 1.807) is 24.3 Å². The van der Waals surface area contributed by atoms with E-state index in [9.17, 15) is 13.2 Å². The van der Waals surface area contributed by atoms with Crippen LogP contribution in [0.5, 0.6) is 0 Å². The molecule has 0 amide bonds. The lowest BCUT2D eigenvalue weighted by molar-refractivity contribution is -0.137. The highest BCUT2D eigenvalue weighted by atomic mass is 32.2. The maximum atomic E-state index is 13.4. The van der Waals surface area contributed by atoms with E-state index in [2.05, 4.69) is 30.5 Å². The van der Waals surface area contributed by atoms with E-state index in [1.807, 2.05) is 6.26 Å².